The lowest BCUT2D eigenvalue weighted by molar-refractivity contribution is 0.0221. The van der Waals surface area contributed by atoms with E-state index < -0.39 is 0 Å². The molecule has 1 saturated carbocycles. The van der Waals surface area contributed by atoms with Gasteiger partial charge in [0.25, 0.3) is 5.91 Å². The van der Waals surface area contributed by atoms with Gasteiger partial charge in [0, 0.05) is 18.5 Å². The van der Waals surface area contributed by atoms with E-state index in [0.29, 0.717) is 17.9 Å². The molecule has 1 aliphatic carbocycles. The number of amides is 1. The smallest absolute Gasteiger partial charge is 0.266 e. The molecule has 1 saturated heterocycles. The Kier molecular flexibility index (Phi) is 4.58. The van der Waals surface area contributed by atoms with Crippen molar-refractivity contribution in [1.29, 1.82) is 0 Å². The summed E-state index contributed by atoms with van der Waals surface area (Å²) in [4.78, 5) is 20.8. The van der Waals surface area contributed by atoms with Gasteiger partial charge in [-0.3, -0.25) is 4.79 Å². The Hall–Kier alpha value is -0.900. The van der Waals surface area contributed by atoms with E-state index in [2.05, 4.69) is 30.7 Å². The number of carbonyl (C=O) groups excluding carboxylic acids is 1. The monoisotopic (exact) mass is 320 g/mol. The molecule has 2 heterocycles. The number of rotatable bonds is 2. The SMILES string of the molecule is Cc1nc(C(C)C)sc1C(=O)N1CC[C@H](C)[C@@H]2CCCC[C@@H]21. The molecule has 1 aliphatic heterocycles. The Morgan fingerprint density at radius 2 is 2.00 bits per heavy atom. The summed E-state index contributed by atoms with van der Waals surface area (Å²) >= 11 is 1.61. The van der Waals surface area contributed by atoms with E-state index in [-0.39, 0.29) is 5.91 Å². The average molecular weight is 321 g/mol. The molecule has 0 radical (unpaired) electrons. The van der Waals surface area contributed by atoms with Crippen molar-refractivity contribution in [3.05, 3.63) is 15.6 Å². The van der Waals surface area contributed by atoms with Crippen LogP contribution in [0, 0.1) is 18.8 Å². The van der Waals surface area contributed by atoms with Crippen LogP contribution in [0.1, 0.15) is 79.2 Å². The molecule has 2 aliphatic rings. The van der Waals surface area contributed by atoms with Crippen molar-refractivity contribution in [2.75, 3.05) is 6.54 Å². The van der Waals surface area contributed by atoms with E-state index >= 15 is 0 Å². The molecule has 1 amide bonds. The highest BCUT2D eigenvalue weighted by atomic mass is 32.1. The summed E-state index contributed by atoms with van der Waals surface area (Å²) in [7, 11) is 0. The van der Waals surface area contributed by atoms with E-state index in [9.17, 15) is 4.79 Å². The van der Waals surface area contributed by atoms with Crippen LogP contribution in [0.2, 0.25) is 0 Å². The van der Waals surface area contributed by atoms with Gasteiger partial charge in [0.1, 0.15) is 4.88 Å². The zero-order chi connectivity index (χ0) is 15.9. The normalized spacial score (nSPS) is 28.8. The number of nitrogens with zero attached hydrogens (tertiary/aromatic N) is 2. The van der Waals surface area contributed by atoms with Crippen molar-refractivity contribution in [2.24, 2.45) is 11.8 Å². The Labute approximate surface area is 138 Å². The maximum absolute atomic E-state index is 13.1. The molecule has 0 unspecified atom stereocenters. The summed E-state index contributed by atoms with van der Waals surface area (Å²) in [5, 5.41) is 1.09. The second kappa shape index (κ2) is 6.31. The maximum atomic E-state index is 13.1. The van der Waals surface area contributed by atoms with Crippen molar-refractivity contribution in [3.8, 4) is 0 Å². The molecule has 0 bridgehead atoms. The molecule has 3 atom stereocenters. The van der Waals surface area contributed by atoms with Crippen LogP contribution in [0.25, 0.3) is 0 Å². The third kappa shape index (κ3) is 2.82. The summed E-state index contributed by atoms with van der Waals surface area (Å²) in [6.45, 7) is 9.58. The van der Waals surface area contributed by atoms with Crippen LogP contribution >= 0.6 is 11.3 Å². The van der Waals surface area contributed by atoms with Gasteiger partial charge < -0.3 is 4.90 Å². The largest absolute Gasteiger partial charge is 0.335 e. The van der Waals surface area contributed by atoms with Gasteiger partial charge in [-0.1, -0.05) is 33.6 Å². The molecule has 3 nitrogen and oxygen atoms in total. The van der Waals surface area contributed by atoms with Gasteiger partial charge in [-0.15, -0.1) is 11.3 Å². The Balaban J connectivity index is 1.85. The molecule has 22 heavy (non-hydrogen) atoms. The first kappa shape index (κ1) is 16.0. The third-order valence-corrected chi connectivity index (χ3v) is 6.95. The van der Waals surface area contributed by atoms with E-state index in [1.807, 2.05) is 6.92 Å². The molecule has 0 spiro atoms. The van der Waals surface area contributed by atoms with Crippen LogP contribution in [-0.2, 0) is 0 Å². The summed E-state index contributed by atoms with van der Waals surface area (Å²) in [5.74, 6) is 2.12. The fourth-order valence-corrected chi connectivity index (χ4v) is 5.18. The van der Waals surface area contributed by atoms with Crippen LogP contribution in [0.5, 0.6) is 0 Å². The van der Waals surface area contributed by atoms with Crippen LogP contribution in [0.3, 0.4) is 0 Å². The third-order valence-electron chi connectivity index (χ3n) is 5.50. The fourth-order valence-electron chi connectivity index (χ4n) is 4.16. The lowest BCUT2D eigenvalue weighted by Crippen LogP contribution is -2.52. The van der Waals surface area contributed by atoms with Crippen LogP contribution in [0.4, 0.5) is 0 Å². The van der Waals surface area contributed by atoms with E-state index in [0.717, 1.165) is 34.5 Å². The van der Waals surface area contributed by atoms with Gasteiger partial charge in [0.15, 0.2) is 0 Å². The highest BCUT2D eigenvalue weighted by molar-refractivity contribution is 7.13. The molecular weight excluding hydrogens is 292 g/mol. The topological polar surface area (TPSA) is 33.2 Å². The summed E-state index contributed by atoms with van der Waals surface area (Å²) in [6, 6.07) is 0.467. The van der Waals surface area contributed by atoms with Crippen molar-refractivity contribution in [2.45, 2.75) is 71.8 Å². The number of thiazole rings is 1. The zero-order valence-corrected chi connectivity index (χ0v) is 15.1. The fraction of sp³-hybridized carbons (Fsp3) is 0.778. The Morgan fingerprint density at radius 3 is 2.68 bits per heavy atom. The second-order valence-corrected chi connectivity index (χ2v) is 8.43. The average Bonchev–Trinajstić information content (AvgIpc) is 2.90. The molecular formula is C18H28N2OS. The predicted molar refractivity (Wildman–Crippen MR) is 91.5 cm³/mol. The quantitative estimate of drug-likeness (QED) is 0.797. The first-order valence-electron chi connectivity index (χ1n) is 8.77. The van der Waals surface area contributed by atoms with Gasteiger partial charge in [0.05, 0.1) is 10.7 Å². The van der Waals surface area contributed by atoms with E-state index in [1.54, 1.807) is 11.3 Å². The van der Waals surface area contributed by atoms with Crippen molar-refractivity contribution >= 4 is 17.2 Å². The number of hydrogen-bond acceptors (Lipinski definition) is 3. The maximum Gasteiger partial charge on any atom is 0.266 e. The van der Waals surface area contributed by atoms with Crippen LogP contribution < -0.4 is 0 Å². The van der Waals surface area contributed by atoms with Gasteiger partial charge in [-0.2, -0.15) is 0 Å². The van der Waals surface area contributed by atoms with Crippen LogP contribution in [0.15, 0.2) is 0 Å². The van der Waals surface area contributed by atoms with Gasteiger partial charge in [-0.05, 0) is 38.0 Å². The number of hydrogen-bond donors (Lipinski definition) is 0. The number of carbonyl (C=O) groups is 1. The molecule has 0 aromatic carbocycles. The number of piperidine rings is 1. The van der Waals surface area contributed by atoms with Crippen LogP contribution in [-0.4, -0.2) is 28.4 Å². The number of aryl methyl sites for hydroxylation is 1. The molecule has 0 N–H and O–H groups in total. The molecule has 3 rings (SSSR count). The van der Waals surface area contributed by atoms with Crippen molar-refractivity contribution < 1.29 is 4.79 Å². The van der Waals surface area contributed by atoms with Gasteiger partial charge >= 0.3 is 0 Å². The minimum atomic E-state index is 0.241. The van der Waals surface area contributed by atoms with Gasteiger partial charge in [-0.25, -0.2) is 4.98 Å². The van der Waals surface area contributed by atoms with Gasteiger partial charge in [0.2, 0.25) is 0 Å². The van der Waals surface area contributed by atoms with Crippen molar-refractivity contribution in [1.82, 2.24) is 9.88 Å². The highest BCUT2D eigenvalue weighted by Crippen LogP contribution is 2.40. The molecule has 1 aromatic heterocycles. The summed E-state index contributed by atoms with van der Waals surface area (Å²) in [6.07, 6.45) is 6.26. The summed E-state index contributed by atoms with van der Waals surface area (Å²) in [5.41, 5.74) is 0.921. The first-order chi connectivity index (χ1) is 10.5. The second-order valence-electron chi connectivity index (χ2n) is 7.40. The lowest BCUT2D eigenvalue weighted by Gasteiger charge is -2.47. The number of fused-ring (bicyclic) bond motifs is 1. The highest BCUT2D eigenvalue weighted by Gasteiger charge is 2.40. The van der Waals surface area contributed by atoms with E-state index in [1.165, 1.54) is 25.7 Å². The van der Waals surface area contributed by atoms with E-state index in [4.69, 9.17) is 0 Å². The number of likely N-dealkylation sites (tertiary alicyclic amines) is 1. The molecule has 2 fully saturated rings. The number of aromatic nitrogens is 1. The Bertz CT molecular complexity index is 551. The molecule has 1 aromatic rings. The van der Waals surface area contributed by atoms with Crippen molar-refractivity contribution in [3.63, 3.8) is 0 Å². The summed E-state index contributed by atoms with van der Waals surface area (Å²) < 4.78 is 0. The minimum Gasteiger partial charge on any atom is -0.335 e. The Morgan fingerprint density at radius 1 is 1.27 bits per heavy atom. The molecule has 122 valence electrons. The standard InChI is InChI=1S/C18H28N2OS/c1-11(2)17-19-13(4)16(22-17)18(21)20-10-9-12(3)14-7-5-6-8-15(14)20/h11-12,14-15H,5-10H2,1-4H3/t12-,14-,15-/m0/s1. The lowest BCUT2D eigenvalue weighted by atomic mass is 9.72. The predicted octanol–water partition coefficient (Wildman–Crippen LogP) is 4.62. The zero-order valence-electron chi connectivity index (χ0n) is 14.3. The minimum absolute atomic E-state index is 0.241. The first-order valence-corrected chi connectivity index (χ1v) is 9.59. The molecule has 4 heteroatoms.